The quantitative estimate of drug-likeness (QED) is 0.777. The van der Waals surface area contributed by atoms with E-state index in [9.17, 15) is 0 Å². The Morgan fingerprint density at radius 1 is 1.26 bits per heavy atom. The van der Waals surface area contributed by atoms with Crippen LogP contribution in [0.1, 0.15) is 25.8 Å². The summed E-state index contributed by atoms with van der Waals surface area (Å²) in [7, 11) is 0. The molecule has 0 radical (unpaired) electrons. The predicted octanol–water partition coefficient (Wildman–Crippen LogP) is 2.59. The molecule has 0 aliphatic rings. The van der Waals surface area contributed by atoms with Crippen LogP contribution in [0.3, 0.4) is 0 Å². The highest BCUT2D eigenvalue weighted by Crippen LogP contribution is 2.18. The summed E-state index contributed by atoms with van der Waals surface area (Å²) in [5.41, 5.74) is 1.16. The maximum Gasteiger partial charge on any atom is 0.219 e. The third-order valence-corrected chi connectivity index (χ3v) is 2.71. The summed E-state index contributed by atoms with van der Waals surface area (Å²) >= 11 is 0. The van der Waals surface area contributed by atoms with E-state index in [1.165, 1.54) is 0 Å². The third-order valence-electron chi connectivity index (χ3n) is 2.71. The van der Waals surface area contributed by atoms with Crippen LogP contribution in [0, 0.1) is 0 Å². The summed E-state index contributed by atoms with van der Waals surface area (Å²) in [6.07, 6.45) is 6.53. The number of pyridine rings is 1. The van der Waals surface area contributed by atoms with E-state index < -0.39 is 0 Å². The lowest BCUT2D eigenvalue weighted by Gasteiger charge is -2.05. The second kappa shape index (κ2) is 6.89. The largest absolute Gasteiger partial charge is 0.436 e. The Morgan fingerprint density at radius 3 is 2.79 bits per heavy atom. The molecule has 5 heteroatoms. The first kappa shape index (κ1) is 13.5. The highest BCUT2D eigenvalue weighted by Gasteiger charge is 2.02. The highest BCUT2D eigenvalue weighted by molar-refractivity contribution is 5.23. The third kappa shape index (κ3) is 4.06. The van der Waals surface area contributed by atoms with Gasteiger partial charge >= 0.3 is 0 Å². The van der Waals surface area contributed by atoms with Crippen molar-refractivity contribution in [1.29, 1.82) is 0 Å². The molecule has 0 spiro atoms. The van der Waals surface area contributed by atoms with Crippen LogP contribution in [0.5, 0.6) is 11.6 Å². The van der Waals surface area contributed by atoms with Crippen LogP contribution in [0.2, 0.25) is 0 Å². The minimum Gasteiger partial charge on any atom is -0.436 e. The predicted molar refractivity (Wildman–Crippen MR) is 74.2 cm³/mol. The summed E-state index contributed by atoms with van der Waals surface area (Å²) < 4.78 is 7.44. The Balaban J connectivity index is 1.90. The standard InChI is InChI=1S/C14H20N4O/c1-3-7-15-8-12-5-6-14(16-9-12)19-13-10-17-18(4-2)11-13/h5-6,9-11,15H,3-4,7-8H2,1-2H3. The molecule has 0 fully saturated rings. The van der Waals surface area contributed by atoms with E-state index in [1.807, 2.05) is 36.1 Å². The molecule has 1 N–H and O–H groups in total. The molecule has 2 aromatic rings. The zero-order chi connectivity index (χ0) is 13.5. The molecule has 0 aliphatic heterocycles. The zero-order valence-electron chi connectivity index (χ0n) is 11.5. The minimum atomic E-state index is 0.592. The summed E-state index contributed by atoms with van der Waals surface area (Å²) in [6, 6.07) is 3.90. The van der Waals surface area contributed by atoms with Crippen molar-refractivity contribution in [2.24, 2.45) is 0 Å². The fourth-order valence-corrected chi connectivity index (χ4v) is 1.68. The Morgan fingerprint density at radius 2 is 2.16 bits per heavy atom. The van der Waals surface area contributed by atoms with Crippen molar-refractivity contribution >= 4 is 0 Å². The van der Waals surface area contributed by atoms with Gasteiger partial charge in [-0.2, -0.15) is 5.10 Å². The summed E-state index contributed by atoms with van der Waals surface area (Å²) in [4.78, 5) is 4.29. The lowest BCUT2D eigenvalue weighted by atomic mass is 10.3. The number of nitrogens with one attached hydrogen (secondary N) is 1. The van der Waals surface area contributed by atoms with Gasteiger partial charge in [-0.15, -0.1) is 0 Å². The molecule has 0 atom stereocenters. The van der Waals surface area contributed by atoms with Crippen molar-refractivity contribution in [3.05, 3.63) is 36.3 Å². The number of nitrogens with zero attached hydrogens (tertiary/aromatic N) is 3. The van der Waals surface area contributed by atoms with Gasteiger partial charge in [-0.05, 0) is 25.5 Å². The molecule has 2 aromatic heterocycles. The molecule has 0 bridgehead atoms. The van der Waals surface area contributed by atoms with Gasteiger partial charge in [-0.25, -0.2) is 4.98 Å². The molecule has 19 heavy (non-hydrogen) atoms. The first-order valence-corrected chi connectivity index (χ1v) is 6.67. The van der Waals surface area contributed by atoms with Crippen LogP contribution < -0.4 is 10.1 Å². The SMILES string of the molecule is CCCNCc1ccc(Oc2cnn(CC)c2)nc1. The molecule has 0 aliphatic carbocycles. The minimum absolute atomic E-state index is 0.592. The topological polar surface area (TPSA) is 52.0 Å². The second-order valence-corrected chi connectivity index (χ2v) is 4.32. The Hall–Kier alpha value is -1.88. The second-order valence-electron chi connectivity index (χ2n) is 4.32. The van der Waals surface area contributed by atoms with E-state index >= 15 is 0 Å². The van der Waals surface area contributed by atoms with Crippen LogP contribution >= 0.6 is 0 Å². The molecule has 0 amide bonds. The number of rotatable bonds is 7. The van der Waals surface area contributed by atoms with Crippen molar-refractivity contribution in [3.8, 4) is 11.6 Å². The van der Waals surface area contributed by atoms with E-state index in [1.54, 1.807) is 6.20 Å². The molecule has 2 heterocycles. The van der Waals surface area contributed by atoms with Gasteiger partial charge in [0.1, 0.15) is 0 Å². The lowest BCUT2D eigenvalue weighted by molar-refractivity contribution is 0.461. The molecule has 2 rings (SSSR count). The number of hydrogen-bond donors (Lipinski definition) is 1. The summed E-state index contributed by atoms with van der Waals surface area (Å²) in [6.45, 7) is 6.88. The Kier molecular flexibility index (Phi) is 4.92. The van der Waals surface area contributed by atoms with Crippen LogP contribution in [-0.4, -0.2) is 21.3 Å². The Labute approximate surface area is 113 Å². The van der Waals surface area contributed by atoms with E-state index in [0.29, 0.717) is 11.6 Å². The van der Waals surface area contributed by atoms with E-state index in [-0.39, 0.29) is 0 Å². The van der Waals surface area contributed by atoms with Crippen molar-refractivity contribution in [2.45, 2.75) is 33.4 Å². The molecule has 0 aromatic carbocycles. The fourth-order valence-electron chi connectivity index (χ4n) is 1.68. The fraction of sp³-hybridized carbons (Fsp3) is 0.429. The van der Waals surface area contributed by atoms with Crippen molar-refractivity contribution in [1.82, 2.24) is 20.1 Å². The normalized spacial score (nSPS) is 10.6. The van der Waals surface area contributed by atoms with Crippen molar-refractivity contribution in [3.63, 3.8) is 0 Å². The van der Waals surface area contributed by atoms with Gasteiger partial charge in [0.25, 0.3) is 0 Å². The molecule has 5 nitrogen and oxygen atoms in total. The van der Waals surface area contributed by atoms with E-state index in [4.69, 9.17) is 4.74 Å². The van der Waals surface area contributed by atoms with Gasteiger partial charge in [-0.1, -0.05) is 13.0 Å². The van der Waals surface area contributed by atoms with Gasteiger partial charge in [0.05, 0.1) is 12.4 Å². The molecular formula is C14H20N4O. The average molecular weight is 260 g/mol. The number of hydrogen-bond acceptors (Lipinski definition) is 4. The van der Waals surface area contributed by atoms with E-state index in [2.05, 4.69) is 22.3 Å². The first-order valence-electron chi connectivity index (χ1n) is 6.67. The maximum atomic E-state index is 5.63. The van der Waals surface area contributed by atoms with Crippen LogP contribution in [-0.2, 0) is 13.1 Å². The number of aromatic nitrogens is 3. The molecule has 102 valence electrons. The van der Waals surface area contributed by atoms with Gasteiger partial charge in [0.15, 0.2) is 5.75 Å². The van der Waals surface area contributed by atoms with Gasteiger partial charge in [-0.3, -0.25) is 4.68 Å². The molecule has 0 unspecified atom stereocenters. The average Bonchev–Trinajstić information content (AvgIpc) is 2.89. The first-order chi connectivity index (χ1) is 9.31. The number of ether oxygens (including phenoxy) is 1. The van der Waals surface area contributed by atoms with Crippen LogP contribution in [0.4, 0.5) is 0 Å². The summed E-state index contributed by atoms with van der Waals surface area (Å²) in [5, 5.41) is 7.49. The molecule has 0 saturated heterocycles. The van der Waals surface area contributed by atoms with Crippen molar-refractivity contribution in [2.75, 3.05) is 6.54 Å². The maximum absolute atomic E-state index is 5.63. The zero-order valence-corrected chi connectivity index (χ0v) is 11.5. The Bertz CT molecular complexity index is 492. The molecule has 0 saturated carbocycles. The van der Waals surface area contributed by atoms with Gasteiger partial charge in [0.2, 0.25) is 5.88 Å². The lowest BCUT2D eigenvalue weighted by Crippen LogP contribution is -2.13. The van der Waals surface area contributed by atoms with Crippen molar-refractivity contribution < 1.29 is 4.74 Å². The highest BCUT2D eigenvalue weighted by atomic mass is 16.5. The number of aryl methyl sites for hydroxylation is 1. The smallest absolute Gasteiger partial charge is 0.219 e. The molecular weight excluding hydrogens is 240 g/mol. The van der Waals surface area contributed by atoms with Gasteiger partial charge < -0.3 is 10.1 Å². The summed E-state index contributed by atoms with van der Waals surface area (Å²) in [5.74, 6) is 1.31. The van der Waals surface area contributed by atoms with Crippen LogP contribution in [0.25, 0.3) is 0 Å². The van der Waals surface area contributed by atoms with Crippen LogP contribution in [0.15, 0.2) is 30.7 Å². The van der Waals surface area contributed by atoms with E-state index in [0.717, 1.165) is 31.6 Å². The monoisotopic (exact) mass is 260 g/mol. The van der Waals surface area contributed by atoms with Gasteiger partial charge in [0, 0.05) is 25.4 Å².